The first-order valence-electron chi connectivity index (χ1n) is 6.45. The van der Waals surface area contributed by atoms with E-state index in [-0.39, 0.29) is 11.9 Å². The van der Waals surface area contributed by atoms with Gasteiger partial charge in [-0.1, -0.05) is 29.3 Å². The molecule has 0 spiro atoms. The zero-order valence-corrected chi connectivity index (χ0v) is 13.9. The van der Waals surface area contributed by atoms with Crippen molar-refractivity contribution in [1.29, 1.82) is 0 Å². The van der Waals surface area contributed by atoms with Gasteiger partial charge < -0.3 is 15.5 Å². The SMILES string of the molecule is C[C@H](NC(=O)N[C@H](C)c1ccc(Cl)cc1Cl)C(=O)N(C)C. The summed E-state index contributed by atoms with van der Waals surface area (Å²) in [5.41, 5.74) is 0.753. The topological polar surface area (TPSA) is 61.4 Å². The second-order valence-electron chi connectivity index (χ2n) is 4.96. The molecule has 1 rings (SSSR count). The molecule has 1 aromatic rings. The number of carbonyl (C=O) groups excluding carboxylic acids is 2. The third-order valence-electron chi connectivity index (χ3n) is 2.94. The van der Waals surface area contributed by atoms with E-state index in [0.29, 0.717) is 10.0 Å². The van der Waals surface area contributed by atoms with Crippen molar-refractivity contribution in [1.82, 2.24) is 15.5 Å². The minimum atomic E-state index is -0.604. The quantitative estimate of drug-likeness (QED) is 0.891. The van der Waals surface area contributed by atoms with E-state index < -0.39 is 12.1 Å². The van der Waals surface area contributed by atoms with Crippen molar-refractivity contribution in [2.45, 2.75) is 25.9 Å². The molecule has 2 atom stereocenters. The molecule has 0 saturated carbocycles. The summed E-state index contributed by atoms with van der Waals surface area (Å²) in [6, 6.07) is 3.73. The zero-order chi connectivity index (χ0) is 16.2. The lowest BCUT2D eigenvalue weighted by Crippen LogP contribution is -2.48. The number of nitrogens with zero attached hydrogens (tertiary/aromatic N) is 1. The van der Waals surface area contributed by atoms with Crippen LogP contribution in [0.2, 0.25) is 10.0 Å². The van der Waals surface area contributed by atoms with E-state index in [1.165, 1.54) is 4.90 Å². The number of halogens is 2. The van der Waals surface area contributed by atoms with Crippen LogP contribution in [0.1, 0.15) is 25.5 Å². The summed E-state index contributed by atoms with van der Waals surface area (Å²) in [6.07, 6.45) is 0. The normalized spacial score (nSPS) is 13.2. The van der Waals surface area contributed by atoms with E-state index in [1.807, 2.05) is 0 Å². The van der Waals surface area contributed by atoms with E-state index in [1.54, 1.807) is 46.1 Å². The van der Waals surface area contributed by atoms with Gasteiger partial charge in [-0.25, -0.2) is 4.79 Å². The predicted molar refractivity (Wildman–Crippen MR) is 84.7 cm³/mol. The van der Waals surface area contributed by atoms with Gasteiger partial charge in [0.25, 0.3) is 0 Å². The minimum Gasteiger partial charge on any atom is -0.347 e. The second kappa shape index (κ2) is 7.52. The van der Waals surface area contributed by atoms with Crippen LogP contribution in [-0.2, 0) is 4.79 Å². The summed E-state index contributed by atoms with van der Waals surface area (Å²) in [5, 5.41) is 6.33. The third-order valence-corrected chi connectivity index (χ3v) is 3.50. The Labute approximate surface area is 134 Å². The summed E-state index contributed by atoms with van der Waals surface area (Å²) in [6.45, 7) is 3.43. The fourth-order valence-corrected chi connectivity index (χ4v) is 2.39. The van der Waals surface area contributed by atoms with E-state index in [0.717, 1.165) is 5.56 Å². The van der Waals surface area contributed by atoms with Gasteiger partial charge in [0, 0.05) is 24.1 Å². The van der Waals surface area contributed by atoms with E-state index in [2.05, 4.69) is 10.6 Å². The Kier molecular flexibility index (Phi) is 6.30. The monoisotopic (exact) mass is 331 g/mol. The standard InChI is InChI=1S/C14H19Cl2N3O2/c1-8(11-6-5-10(15)7-12(11)16)17-14(21)18-9(2)13(20)19(3)4/h5-9H,1-4H3,(H2,17,18,21)/t8-,9+/m1/s1. The molecule has 0 heterocycles. The van der Waals surface area contributed by atoms with Crippen LogP contribution in [-0.4, -0.2) is 37.0 Å². The van der Waals surface area contributed by atoms with Crippen molar-refractivity contribution in [2.24, 2.45) is 0 Å². The van der Waals surface area contributed by atoms with Crippen molar-refractivity contribution in [2.75, 3.05) is 14.1 Å². The summed E-state index contributed by atoms with van der Waals surface area (Å²) in [7, 11) is 3.27. The van der Waals surface area contributed by atoms with Gasteiger partial charge in [0.05, 0.1) is 6.04 Å². The summed E-state index contributed by atoms with van der Waals surface area (Å²) in [4.78, 5) is 25.0. The summed E-state index contributed by atoms with van der Waals surface area (Å²) in [5.74, 6) is -0.178. The van der Waals surface area contributed by atoms with Gasteiger partial charge in [-0.15, -0.1) is 0 Å². The van der Waals surface area contributed by atoms with Crippen LogP contribution < -0.4 is 10.6 Å². The van der Waals surface area contributed by atoms with Gasteiger partial charge in [-0.3, -0.25) is 4.79 Å². The Balaban J connectivity index is 2.64. The van der Waals surface area contributed by atoms with E-state index in [9.17, 15) is 9.59 Å². The Hall–Kier alpha value is -1.46. The molecule has 21 heavy (non-hydrogen) atoms. The Bertz CT molecular complexity index is 535. The average molecular weight is 332 g/mol. The number of rotatable bonds is 4. The van der Waals surface area contributed by atoms with Crippen LogP contribution in [0.15, 0.2) is 18.2 Å². The smallest absolute Gasteiger partial charge is 0.315 e. The molecule has 0 unspecified atom stereocenters. The van der Waals surface area contributed by atoms with Crippen molar-refractivity contribution < 1.29 is 9.59 Å². The lowest BCUT2D eigenvalue weighted by molar-refractivity contribution is -0.130. The fraction of sp³-hybridized carbons (Fsp3) is 0.429. The molecule has 0 aliphatic rings. The van der Waals surface area contributed by atoms with Gasteiger partial charge in [-0.2, -0.15) is 0 Å². The minimum absolute atomic E-state index is 0.178. The Morgan fingerprint density at radius 2 is 1.76 bits per heavy atom. The van der Waals surface area contributed by atoms with Crippen LogP contribution >= 0.6 is 23.2 Å². The lowest BCUT2D eigenvalue weighted by Gasteiger charge is -2.21. The van der Waals surface area contributed by atoms with Crippen LogP contribution in [0.5, 0.6) is 0 Å². The number of carbonyl (C=O) groups is 2. The van der Waals surface area contributed by atoms with Crippen LogP contribution in [0.25, 0.3) is 0 Å². The molecule has 0 aliphatic carbocycles. The maximum atomic E-state index is 11.9. The van der Waals surface area contributed by atoms with Crippen molar-refractivity contribution in [3.05, 3.63) is 33.8 Å². The van der Waals surface area contributed by atoms with Crippen LogP contribution in [0, 0.1) is 0 Å². The van der Waals surface area contributed by atoms with Gasteiger partial charge in [0.15, 0.2) is 0 Å². The van der Waals surface area contributed by atoms with Crippen molar-refractivity contribution >= 4 is 35.1 Å². The molecule has 5 nitrogen and oxygen atoms in total. The first-order valence-corrected chi connectivity index (χ1v) is 7.21. The summed E-state index contributed by atoms with van der Waals surface area (Å²) >= 11 is 11.9. The highest BCUT2D eigenvalue weighted by molar-refractivity contribution is 6.35. The van der Waals surface area contributed by atoms with Crippen molar-refractivity contribution in [3.63, 3.8) is 0 Å². The number of nitrogens with one attached hydrogen (secondary N) is 2. The molecule has 0 bridgehead atoms. The number of urea groups is 1. The van der Waals surface area contributed by atoms with Gasteiger partial charge in [-0.05, 0) is 31.5 Å². The van der Waals surface area contributed by atoms with E-state index >= 15 is 0 Å². The molecule has 2 N–H and O–H groups in total. The second-order valence-corrected chi connectivity index (χ2v) is 5.80. The first-order chi connectivity index (χ1) is 9.72. The predicted octanol–water partition coefficient (Wildman–Crippen LogP) is 2.83. The molecule has 1 aromatic carbocycles. The van der Waals surface area contributed by atoms with Gasteiger partial charge >= 0.3 is 6.03 Å². The van der Waals surface area contributed by atoms with Crippen LogP contribution in [0.4, 0.5) is 4.79 Å². The molecule has 0 aromatic heterocycles. The summed E-state index contributed by atoms with van der Waals surface area (Å²) < 4.78 is 0. The number of hydrogen-bond donors (Lipinski definition) is 2. The fourth-order valence-electron chi connectivity index (χ4n) is 1.81. The first kappa shape index (κ1) is 17.6. The largest absolute Gasteiger partial charge is 0.347 e. The molecule has 0 aliphatic heterocycles. The van der Waals surface area contributed by atoms with E-state index in [4.69, 9.17) is 23.2 Å². The van der Waals surface area contributed by atoms with Gasteiger partial charge in [0.2, 0.25) is 5.91 Å². The van der Waals surface area contributed by atoms with Crippen molar-refractivity contribution in [3.8, 4) is 0 Å². The number of benzene rings is 1. The Morgan fingerprint density at radius 3 is 2.29 bits per heavy atom. The molecular formula is C14H19Cl2N3O2. The highest BCUT2D eigenvalue weighted by Crippen LogP contribution is 2.25. The molecule has 3 amide bonds. The molecule has 0 fully saturated rings. The number of amides is 3. The highest BCUT2D eigenvalue weighted by atomic mass is 35.5. The number of likely N-dealkylation sites (N-methyl/N-ethyl adjacent to an activating group) is 1. The maximum absolute atomic E-state index is 11.9. The lowest BCUT2D eigenvalue weighted by atomic mass is 10.1. The molecular weight excluding hydrogens is 313 g/mol. The maximum Gasteiger partial charge on any atom is 0.315 e. The molecule has 0 saturated heterocycles. The highest BCUT2D eigenvalue weighted by Gasteiger charge is 2.19. The zero-order valence-electron chi connectivity index (χ0n) is 12.4. The Morgan fingerprint density at radius 1 is 1.14 bits per heavy atom. The molecule has 116 valence electrons. The molecule has 7 heteroatoms. The third kappa shape index (κ3) is 5.10. The number of hydrogen-bond acceptors (Lipinski definition) is 2. The molecule has 0 radical (unpaired) electrons. The van der Waals surface area contributed by atoms with Gasteiger partial charge in [0.1, 0.15) is 6.04 Å². The van der Waals surface area contributed by atoms with Crippen LogP contribution in [0.3, 0.4) is 0 Å². The average Bonchev–Trinajstić information content (AvgIpc) is 2.36.